The van der Waals surface area contributed by atoms with Crippen LogP contribution in [0.15, 0.2) is 79.0 Å². The van der Waals surface area contributed by atoms with Crippen LogP contribution in [0.5, 0.6) is 0 Å². The fraction of sp³-hybridized carbons (Fsp3) is 0. The molecule has 0 aliphatic heterocycles. The summed E-state index contributed by atoms with van der Waals surface area (Å²) in [7, 11) is 0. The highest BCUT2D eigenvalue weighted by Gasteiger charge is 2.12. The fourth-order valence-corrected chi connectivity index (χ4v) is 2.09. The van der Waals surface area contributed by atoms with Crippen LogP contribution in [0.4, 0.5) is 0 Å². The van der Waals surface area contributed by atoms with Gasteiger partial charge in [0.25, 0.3) is 5.91 Å². The van der Waals surface area contributed by atoms with Crippen molar-refractivity contribution < 1.29 is 14.4 Å². The summed E-state index contributed by atoms with van der Waals surface area (Å²) < 4.78 is 0. The van der Waals surface area contributed by atoms with Gasteiger partial charge in [-0.25, -0.2) is 4.79 Å². The maximum absolute atomic E-state index is 12.0. The number of hydrogen-bond donors (Lipinski definition) is 1. The largest absolute Gasteiger partial charge is 0.364 e. The third-order valence-corrected chi connectivity index (χ3v) is 3.34. The van der Waals surface area contributed by atoms with Crippen LogP contribution >= 0.6 is 0 Å². The number of carbonyl (C=O) groups excluding carboxylic acids is 2. The number of hydroxylamine groups is 1. The molecule has 0 atom stereocenters. The Balaban J connectivity index is 1.62. The van der Waals surface area contributed by atoms with Crippen molar-refractivity contribution in [3.63, 3.8) is 0 Å². The number of rotatable bonds is 3. The Labute approximate surface area is 138 Å². The molecule has 24 heavy (non-hydrogen) atoms. The van der Waals surface area contributed by atoms with Crippen LogP contribution in [0.1, 0.15) is 20.7 Å². The Morgan fingerprint density at radius 3 is 2.08 bits per heavy atom. The lowest BCUT2D eigenvalue weighted by Gasteiger charge is -2.06. The van der Waals surface area contributed by atoms with Gasteiger partial charge in [-0.3, -0.25) is 9.78 Å². The van der Waals surface area contributed by atoms with Crippen molar-refractivity contribution in [2.75, 3.05) is 0 Å². The highest BCUT2D eigenvalue weighted by atomic mass is 16.7. The molecule has 1 N–H and O–H groups in total. The van der Waals surface area contributed by atoms with Crippen LogP contribution in [-0.4, -0.2) is 16.9 Å². The number of pyridine rings is 1. The number of hydrogen-bond acceptors (Lipinski definition) is 4. The highest BCUT2D eigenvalue weighted by molar-refractivity contribution is 5.95. The first-order chi connectivity index (χ1) is 11.7. The molecule has 5 nitrogen and oxygen atoms in total. The van der Waals surface area contributed by atoms with Crippen molar-refractivity contribution >= 4 is 11.9 Å². The van der Waals surface area contributed by atoms with E-state index in [4.69, 9.17) is 4.84 Å². The molecule has 0 bridgehead atoms. The monoisotopic (exact) mass is 318 g/mol. The number of carbonyl (C=O) groups is 2. The molecule has 118 valence electrons. The molecule has 3 aromatic rings. The molecular weight excluding hydrogens is 304 g/mol. The molecule has 0 saturated heterocycles. The summed E-state index contributed by atoms with van der Waals surface area (Å²) in [5, 5.41) is 0. The van der Waals surface area contributed by atoms with Crippen LogP contribution in [0.25, 0.3) is 11.3 Å². The standard InChI is InChI=1S/C19H14N2O3/c22-18(15-9-5-2-6-10-15)21-24-19(23)16-11-12-17(20-13-16)14-7-3-1-4-8-14/h1-13H,(H,21,22). The Morgan fingerprint density at radius 2 is 1.46 bits per heavy atom. The lowest BCUT2D eigenvalue weighted by Crippen LogP contribution is -2.27. The molecule has 5 heteroatoms. The molecule has 0 aliphatic carbocycles. The highest BCUT2D eigenvalue weighted by Crippen LogP contribution is 2.16. The zero-order valence-corrected chi connectivity index (χ0v) is 12.7. The van der Waals surface area contributed by atoms with Gasteiger partial charge in [0.1, 0.15) is 0 Å². The summed E-state index contributed by atoms with van der Waals surface area (Å²) in [5.41, 5.74) is 4.49. The topological polar surface area (TPSA) is 68.3 Å². The number of nitrogens with one attached hydrogen (secondary N) is 1. The second-order valence-corrected chi connectivity index (χ2v) is 4.98. The molecule has 1 aromatic heterocycles. The van der Waals surface area contributed by atoms with Gasteiger partial charge in [0.05, 0.1) is 11.3 Å². The molecule has 2 aromatic carbocycles. The number of benzene rings is 2. The third-order valence-electron chi connectivity index (χ3n) is 3.34. The van der Waals surface area contributed by atoms with Gasteiger partial charge in [0.2, 0.25) is 0 Å². The van der Waals surface area contributed by atoms with E-state index in [1.165, 1.54) is 6.20 Å². The van der Waals surface area contributed by atoms with E-state index in [9.17, 15) is 9.59 Å². The Hall–Kier alpha value is -3.47. The Kier molecular flexibility index (Phi) is 4.62. The molecule has 0 radical (unpaired) electrons. The lowest BCUT2D eigenvalue weighted by atomic mass is 10.1. The summed E-state index contributed by atoms with van der Waals surface area (Å²) in [6.07, 6.45) is 1.42. The summed E-state index contributed by atoms with van der Waals surface area (Å²) in [6.45, 7) is 0. The first-order valence-corrected chi connectivity index (χ1v) is 7.32. The molecular formula is C19H14N2O3. The van der Waals surface area contributed by atoms with E-state index < -0.39 is 11.9 Å². The third kappa shape index (κ3) is 3.64. The van der Waals surface area contributed by atoms with E-state index >= 15 is 0 Å². The smallest absolute Gasteiger partial charge is 0.335 e. The minimum absolute atomic E-state index is 0.253. The molecule has 0 fully saturated rings. The van der Waals surface area contributed by atoms with Crippen molar-refractivity contribution in [1.29, 1.82) is 0 Å². The predicted octanol–water partition coefficient (Wildman–Crippen LogP) is 3.25. The molecule has 1 heterocycles. The average molecular weight is 318 g/mol. The zero-order valence-electron chi connectivity index (χ0n) is 12.7. The van der Waals surface area contributed by atoms with Crippen molar-refractivity contribution in [3.05, 3.63) is 90.1 Å². The fourth-order valence-electron chi connectivity index (χ4n) is 2.09. The Morgan fingerprint density at radius 1 is 0.792 bits per heavy atom. The maximum Gasteiger partial charge on any atom is 0.364 e. The van der Waals surface area contributed by atoms with Gasteiger partial charge in [0.15, 0.2) is 0 Å². The SMILES string of the molecule is O=C(NOC(=O)c1ccc(-c2ccccc2)nc1)c1ccccc1. The summed E-state index contributed by atoms with van der Waals surface area (Å²) >= 11 is 0. The van der Waals surface area contributed by atoms with Crippen LogP contribution in [0, 0.1) is 0 Å². The summed E-state index contributed by atoms with van der Waals surface area (Å²) in [5.74, 6) is -1.16. The second-order valence-electron chi connectivity index (χ2n) is 4.98. The van der Waals surface area contributed by atoms with E-state index in [1.807, 2.05) is 30.3 Å². The lowest BCUT2D eigenvalue weighted by molar-refractivity contribution is 0.0230. The normalized spacial score (nSPS) is 10.0. The summed E-state index contributed by atoms with van der Waals surface area (Å²) in [6, 6.07) is 21.4. The predicted molar refractivity (Wildman–Crippen MR) is 89.0 cm³/mol. The van der Waals surface area contributed by atoms with Gasteiger partial charge in [-0.15, -0.1) is 0 Å². The Bertz CT molecular complexity index is 832. The minimum Gasteiger partial charge on any atom is -0.335 e. The van der Waals surface area contributed by atoms with Crippen molar-refractivity contribution in [2.24, 2.45) is 0 Å². The van der Waals surface area contributed by atoms with Crippen LogP contribution < -0.4 is 5.48 Å². The van der Waals surface area contributed by atoms with Gasteiger partial charge in [-0.05, 0) is 24.3 Å². The van der Waals surface area contributed by atoms with Gasteiger partial charge in [-0.2, -0.15) is 5.48 Å². The molecule has 0 saturated carbocycles. The quantitative estimate of drug-likeness (QED) is 0.753. The van der Waals surface area contributed by atoms with Gasteiger partial charge < -0.3 is 4.84 Å². The van der Waals surface area contributed by atoms with Crippen LogP contribution in [0.3, 0.4) is 0 Å². The van der Waals surface area contributed by atoms with E-state index in [2.05, 4.69) is 10.5 Å². The van der Waals surface area contributed by atoms with E-state index in [1.54, 1.807) is 42.5 Å². The number of nitrogens with zero attached hydrogens (tertiary/aromatic N) is 1. The molecule has 0 aliphatic rings. The van der Waals surface area contributed by atoms with Gasteiger partial charge >= 0.3 is 5.97 Å². The van der Waals surface area contributed by atoms with E-state index in [-0.39, 0.29) is 5.56 Å². The summed E-state index contributed by atoms with van der Waals surface area (Å²) in [4.78, 5) is 32.8. The van der Waals surface area contributed by atoms with Gasteiger partial charge in [-0.1, -0.05) is 48.5 Å². The van der Waals surface area contributed by atoms with E-state index in [0.717, 1.165) is 11.3 Å². The van der Waals surface area contributed by atoms with Crippen LogP contribution in [-0.2, 0) is 4.84 Å². The minimum atomic E-state index is -0.675. The van der Waals surface area contributed by atoms with E-state index in [0.29, 0.717) is 5.56 Å². The zero-order chi connectivity index (χ0) is 16.8. The van der Waals surface area contributed by atoms with Crippen molar-refractivity contribution in [1.82, 2.24) is 10.5 Å². The van der Waals surface area contributed by atoms with Crippen LogP contribution in [0.2, 0.25) is 0 Å². The molecule has 3 rings (SSSR count). The van der Waals surface area contributed by atoms with Crippen molar-refractivity contribution in [2.45, 2.75) is 0 Å². The first-order valence-electron chi connectivity index (χ1n) is 7.32. The maximum atomic E-state index is 12.0. The van der Waals surface area contributed by atoms with Crippen molar-refractivity contribution in [3.8, 4) is 11.3 Å². The number of amides is 1. The van der Waals surface area contributed by atoms with Gasteiger partial charge in [0, 0.05) is 17.3 Å². The first kappa shape index (κ1) is 15.4. The second kappa shape index (κ2) is 7.19. The molecule has 1 amide bonds. The molecule has 0 unspecified atom stereocenters. The average Bonchev–Trinajstić information content (AvgIpc) is 2.67. The molecule has 0 spiro atoms. The number of aromatic nitrogens is 1.